The smallest absolute Gasteiger partial charge is 0.303 e. The minimum absolute atomic E-state index is 0.366. The van der Waals surface area contributed by atoms with Gasteiger partial charge in [-0.2, -0.15) is 0 Å². The number of aliphatic carboxylic acids is 1. The van der Waals surface area contributed by atoms with Crippen LogP contribution in [0.3, 0.4) is 0 Å². The van der Waals surface area contributed by atoms with Crippen LogP contribution in [0, 0.1) is 11.8 Å². The van der Waals surface area contributed by atoms with Crippen LogP contribution in [0.25, 0.3) is 0 Å². The number of carbonyl (C=O) groups is 1. The zero-order chi connectivity index (χ0) is 12.3. The summed E-state index contributed by atoms with van der Waals surface area (Å²) in [7, 11) is 0. The number of carboxylic acid groups (broad SMARTS) is 1. The van der Waals surface area contributed by atoms with Crippen LogP contribution in [0.15, 0.2) is 0 Å². The highest BCUT2D eigenvalue weighted by atomic mass is 16.4. The molecule has 1 aliphatic heterocycles. The van der Waals surface area contributed by atoms with Crippen molar-refractivity contribution in [3.8, 4) is 0 Å². The lowest BCUT2D eigenvalue weighted by Crippen LogP contribution is -2.41. The number of hydrogen-bond donors (Lipinski definition) is 1. The predicted molar refractivity (Wildman–Crippen MR) is 68.0 cm³/mol. The van der Waals surface area contributed by atoms with E-state index in [1.807, 2.05) is 0 Å². The molecule has 3 heteroatoms. The van der Waals surface area contributed by atoms with Crippen LogP contribution in [0.2, 0.25) is 0 Å². The van der Waals surface area contributed by atoms with Crippen LogP contribution in [-0.2, 0) is 4.79 Å². The van der Waals surface area contributed by atoms with Crippen molar-refractivity contribution in [1.82, 2.24) is 4.90 Å². The SMILES string of the molecule is CC(CC1CCC1)N1CCC(CC(=O)O)CC1. The van der Waals surface area contributed by atoms with E-state index in [2.05, 4.69) is 11.8 Å². The lowest BCUT2D eigenvalue weighted by molar-refractivity contribution is -0.138. The van der Waals surface area contributed by atoms with Gasteiger partial charge in [0.2, 0.25) is 0 Å². The summed E-state index contributed by atoms with van der Waals surface area (Å²) >= 11 is 0. The van der Waals surface area contributed by atoms with Crippen LogP contribution in [0.4, 0.5) is 0 Å². The van der Waals surface area contributed by atoms with Gasteiger partial charge in [0.05, 0.1) is 0 Å². The van der Waals surface area contributed by atoms with Gasteiger partial charge in [-0.1, -0.05) is 19.3 Å². The van der Waals surface area contributed by atoms with Crippen molar-refractivity contribution >= 4 is 5.97 Å². The van der Waals surface area contributed by atoms with Gasteiger partial charge < -0.3 is 10.0 Å². The molecule has 0 aromatic carbocycles. The number of piperidine rings is 1. The maximum atomic E-state index is 10.7. The highest BCUT2D eigenvalue weighted by molar-refractivity contribution is 5.67. The standard InChI is InChI=1S/C14H25NO2/c1-11(9-12-3-2-4-12)15-7-5-13(6-8-15)10-14(16)17/h11-13H,2-10H2,1H3,(H,16,17). The van der Waals surface area contributed by atoms with E-state index < -0.39 is 5.97 Å². The van der Waals surface area contributed by atoms with Gasteiger partial charge in [-0.25, -0.2) is 0 Å². The second kappa shape index (κ2) is 5.85. The fourth-order valence-corrected chi connectivity index (χ4v) is 3.20. The first-order valence-corrected chi connectivity index (χ1v) is 7.11. The van der Waals surface area contributed by atoms with Crippen LogP contribution < -0.4 is 0 Å². The molecular formula is C14H25NO2. The molecule has 0 aromatic rings. The molecule has 0 bridgehead atoms. The van der Waals surface area contributed by atoms with E-state index in [4.69, 9.17) is 5.11 Å². The highest BCUT2D eigenvalue weighted by Gasteiger charge is 2.27. The maximum absolute atomic E-state index is 10.7. The predicted octanol–water partition coefficient (Wildman–Crippen LogP) is 2.75. The summed E-state index contributed by atoms with van der Waals surface area (Å²) in [6, 6.07) is 0.700. The first kappa shape index (κ1) is 12.9. The topological polar surface area (TPSA) is 40.5 Å². The number of hydrogen-bond acceptors (Lipinski definition) is 2. The highest BCUT2D eigenvalue weighted by Crippen LogP contribution is 2.32. The van der Waals surface area contributed by atoms with Gasteiger partial charge in [-0.3, -0.25) is 4.79 Å². The van der Waals surface area contributed by atoms with Gasteiger partial charge in [0.15, 0.2) is 0 Å². The van der Waals surface area contributed by atoms with E-state index in [0.717, 1.165) is 31.8 Å². The summed E-state index contributed by atoms with van der Waals surface area (Å²) in [6.45, 7) is 4.55. The monoisotopic (exact) mass is 239 g/mol. The summed E-state index contributed by atoms with van der Waals surface area (Å²) in [6.07, 6.45) is 8.15. The largest absolute Gasteiger partial charge is 0.481 e. The van der Waals surface area contributed by atoms with E-state index in [0.29, 0.717) is 18.4 Å². The minimum atomic E-state index is -0.633. The molecule has 1 aliphatic carbocycles. The fraction of sp³-hybridized carbons (Fsp3) is 0.929. The zero-order valence-electron chi connectivity index (χ0n) is 10.9. The lowest BCUT2D eigenvalue weighted by atomic mass is 9.80. The van der Waals surface area contributed by atoms with E-state index in [1.54, 1.807) is 0 Å². The molecule has 0 amide bonds. The average molecular weight is 239 g/mol. The Hall–Kier alpha value is -0.570. The Bertz CT molecular complexity index is 255. The molecule has 0 spiro atoms. The Morgan fingerprint density at radius 3 is 2.35 bits per heavy atom. The Morgan fingerprint density at radius 2 is 1.88 bits per heavy atom. The molecule has 2 aliphatic rings. The summed E-state index contributed by atoms with van der Waals surface area (Å²) in [5.74, 6) is 0.757. The van der Waals surface area contributed by atoms with Crippen LogP contribution >= 0.6 is 0 Å². The molecule has 2 fully saturated rings. The second-order valence-electron chi connectivity index (χ2n) is 5.96. The van der Waals surface area contributed by atoms with Crippen LogP contribution in [0.5, 0.6) is 0 Å². The van der Waals surface area contributed by atoms with E-state index in [-0.39, 0.29) is 0 Å². The Morgan fingerprint density at radius 1 is 1.24 bits per heavy atom. The number of nitrogens with zero attached hydrogens (tertiary/aromatic N) is 1. The molecule has 98 valence electrons. The maximum Gasteiger partial charge on any atom is 0.303 e. The third kappa shape index (κ3) is 3.70. The van der Waals surface area contributed by atoms with Gasteiger partial charge >= 0.3 is 5.97 Å². The molecule has 1 heterocycles. The van der Waals surface area contributed by atoms with Crippen molar-refractivity contribution in [2.24, 2.45) is 11.8 Å². The lowest BCUT2D eigenvalue weighted by Gasteiger charge is -2.38. The molecule has 17 heavy (non-hydrogen) atoms. The molecule has 3 nitrogen and oxygen atoms in total. The van der Waals surface area contributed by atoms with E-state index >= 15 is 0 Å². The number of likely N-dealkylation sites (tertiary alicyclic amines) is 1. The molecule has 0 radical (unpaired) electrons. The van der Waals surface area contributed by atoms with Crippen molar-refractivity contribution in [1.29, 1.82) is 0 Å². The Kier molecular flexibility index (Phi) is 4.43. The molecule has 1 atom stereocenters. The molecule has 1 unspecified atom stereocenters. The second-order valence-corrected chi connectivity index (χ2v) is 5.96. The normalized spacial score (nSPS) is 25.5. The van der Waals surface area contributed by atoms with Crippen molar-refractivity contribution in [2.45, 2.75) is 57.9 Å². The van der Waals surface area contributed by atoms with Crippen LogP contribution in [-0.4, -0.2) is 35.1 Å². The van der Waals surface area contributed by atoms with E-state index in [9.17, 15) is 4.79 Å². The van der Waals surface area contributed by atoms with Crippen molar-refractivity contribution in [3.63, 3.8) is 0 Å². The number of rotatable bonds is 5. The summed E-state index contributed by atoms with van der Waals surface area (Å²) in [5, 5.41) is 8.79. The zero-order valence-corrected chi connectivity index (χ0v) is 10.9. The fourth-order valence-electron chi connectivity index (χ4n) is 3.20. The van der Waals surface area contributed by atoms with Gasteiger partial charge in [0, 0.05) is 12.5 Å². The van der Waals surface area contributed by atoms with Gasteiger partial charge in [-0.05, 0) is 51.1 Å². The van der Waals surface area contributed by atoms with Gasteiger partial charge in [0.25, 0.3) is 0 Å². The third-order valence-electron chi connectivity index (χ3n) is 4.63. The quantitative estimate of drug-likeness (QED) is 0.802. The molecule has 1 N–H and O–H groups in total. The molecule has 1 saturated carbocycles. The minimum Gasteiger partial charge on any atom is -0.481 e. The number of carboxylic acids is 1. The first-order chi connectivity index (χ1) is 8.15. The molecular weight excluding hydrogens is 214 g/mol. The Balaban J connectivity index is 1.68. The van der Waals surface area contributed by atoms with Gasteiger partial charge in [-0.15, -0.1) is 0 Å². The summed E-state index contributed by atoms with van der Waals surface area (Å²) in [5.41, 5.74) is 0. The Labute approximate surface area is 104 Å². The van der Waals surface area contributed by atoms with Crippen LogP contribution in [0.1, 0.15) is 51.9 Å². The molecule has 2 rings (SSSR count). The van der Waals surface area contributed by atoms with E-state index in [1.165, 1.54) is 25.7 Å². The average Bonchev–Trinajstić information content (AvgIpc) is 2.23. The van der Waals surface area contributed by atoms with Crippen molar-refractivity contribution in [2.75, 3.05) is 13.1 Å². The third-order valence-corrected chi connectivity index (χ3v) is 4.63. The van der Waals surface area contributed by atoms with Crippen molar-refractivity contribution in [3.05, 3.63) is 0 Å². The molecule has 0 aromatic heterocycles. The first-order valence-electron chi connectivity index (χ1n) is 7.11. The summed E-state index contributed by atoms with van der Waals surface area (Å²) < 4.78 is 0. The molecule has 1 saturated heterocycles. The summed E-state index contributed by atoms with van der Waals surface area (Å²) in [4.78, 5) is 13.2. The van der Waals surface area contributed by atoms with Crippen molar-refractivity contribution < 1.29 is 9.90 Å². The van der Waals surface area contributed by atoms with Gasteiger partial charge in [0.1, 0.15) is 0 Å².